The second kappa shape index (κ2) is 8.60. The molecule has 3 rings (SSSR count). The molecule has 1 aromatic carbocycles. The largest absolute Gasteiger partial charge is 0.442 e. The van der Waals surface area contributed by atoms with Gasteiger partial charge in [0.15, 0.2) is 0 Å². The van der Waals surface area contributed by atoms with Gasteiger partial charge in [-0.1, -0.05) is 23.7 Å². The highest BCUT2D eigenvalue weighted by molar-refractivity contribution is 6.30. The molecule has 1 amide bonds. The maximum atomic E-state index is 13.1. The van der Waals surface area contributed by atoms with Gasteiger partial charge in [0.2, 0.25) is 11.6 Å². The average molecular weight is 446 g/mol. The van der Waals surface area contributed by atoms with Crippen LogP contribution in [0.2, 0.25) is 5.02 Å². The fourth-order valence-electron chi connectivity index (χ4n) is 3.38. The number of rotatable bonds is 5. The van der Waals surface area contributed by atoms with Gasteiger partial charge in [-0.2, -0.15) is 18.3 Å². The Bertz CT molecular complexity index is 955. The van der Waals surface area contributed by atoms with Gasteiger partial charge in [-0.3, -0.25) is 24.5 Å². The maximum Gasteiger partial charge on any atom is 0.442 e. The third kappa shape index (κ3) is 4.90. The molecule has 0 bridgehead atoms. The van der Waals surface area contributed by atoms with E-state index < -0.39 is 34.9 Å². The van der Waals surface area contributed by atoms with E-state index >= 15 is 0 Å². The summed E-state index contributed by atoms with van der Waals surface area (Å²) in [4.78, 5) is 26.1. The molecule has 0 spiro atoms. The zero-order valence-electron chi connectivity index (χ0n) is 16.0. The van der Waals surface area contributed by atoms with Crippen LogP contribution < -0.4 is 0 Å². The Labute approximate surface area is 175 Å². The summed E-state index contributed by atoms with van der Waals surface area (Å²) < 4.78 is 39.9. The lowest BCUT2D eigenvalue weighted by atomic mass is 10.2. The van der Waals surface area contributed by atoms with Gasteiger partial charge >= 0.3 is 11.9 Å². The smallest absolute Gasteiger partial charge is 0.339 e. The first kappa shape index (κ1) is 22.0. The molecule has 0 saturated carbocycles. The van der Waals surface area contributed by atoms with Crippen molar-refractivity contribution >= 4 is 23.2 Å². The second-order valence-corrected chi connectivity index (χ2v) is 7.42. The van der Waals surface area contributed by atoms with Crippen molar-refractivity contribution < 1.29 is 22.9 Å². The van der Waals surface area contributed by atoms with Crippen molar-refractivity contribution in [3.63, 3.8) is 0 Å². The van der Waals surface area contributed by atoms with Gasteiger partial charge in [-0.25, -0.2) is 0 Å². The topological polar surface area (TPSA) is 84.5 Å². The number of piperazine rings is 1. The number of halogens is 4. The SMILES string of the molecule is Cc1c([N+](=O)[O-])c(C(F)(F)F)nn1CC(=O)N1CCN(Cc2cccc(Cl)c2)CC1. The highest BCUT2D eigenvalue weighted by Gasteiger charge is 2.44. The molecule has 2 aromatic rings. The van der Waals surface area contributed by atoms with Crippen LogP contribution >= 0.6 is 11.6 Å². The molecule has 2 heterocycles. The van der Waals surface area contributed by atoms with Gasteiger partial charge in [0.1, 0.15) is 12.2 Å². The van der Waals surface area contributed by atoms with E-state index in [-0.39, 0.29) is 5.69 Å². The summed E-state index contributed by atoms with van der Waals surface area (Å²) in [6.45, 7) is 3.30. The summed E-state index contributed by atoms with van der Waals surface area (Å²) >= 11 is 5.99. The minimum atomic E-state index is -4.98. The number of hydrogen-bond donors (Lipinski definition) is 0. The van der Waals surface area contributed by atoms with Crippen molar-refractivity contribution in [1.82, 2.24) is 19.6 Å². The van der Waals surface area contributed by atoms with E-state index in [4.69, 9.17) is 11.6 Å². The molecule has 12 heteroatoms. The summed E-state index contributed by atoms with van der Waals surface area (Å²) in [5, 5.41) is 15.0. The Balaban J connectivity index is 1.63. The predicted molar refractivity (Wildman–Crippen MR) is 102 cm³/mol. The lowest BCUT2D eigenvalue weighted by molar-refractivity contribution is -0.388. The summed E-state index contributed by atoms with van der Waals surface area (Å²) in [7, 11) is 0. The number of benzene rings is 1. The van der Waals surface area contributed by atoms with E-state index in [0.717, 1.165) is 17.2 Å². The third-order valence-corrected chi connectivity index (χ3v) is 5.17. The van der Waals surface area contributed by atoms with Crippen molar-refractivity contribution in [3.8, 4) is 0 Å². The number of carbonyl (C=O) groups is 1. The van der Waals surface area contributed by atoms with Crippen LogP contribution in [0.3, 0.4) is 0 Å². The van der Waals surface area contributed by atoms with E-state index in [0.29, 0.717) is 37.7 Å². The minimum Gasteiger partial charge on any atom is -0.339 e. The molecule has 1 aliphatic heterocycles. The first-order valence-corrected chi connectivity index (χ1v) is 9.47. The molecule has 0 aliphatic carbocycles. The molecule has 0 unspecified atom stereocenters. The maximum absolute atomic E-state index is 13.1. The average Bonchev–Trinajstić information content (AvgIpc) is 2.99. The van der Waals surface area contributed by atoms with Gasteiger partial charge in [0, 0.05) is 37.7 Å². The van der Waals surface area contributed by atoms with Gasteiger partial charge in [-0.05, 0) is 24.6 Å². The molecule has 1 aromatic heterocycles. The number of nitrogens with zero attached hydrogens (tertiary/aromatic N) is 5. The fourth-order valence-corrected chi connectivity index (χ4v) is 3.59. The van der Waals surface area contributed by atoms with Crippen molar-refractivity contribution in [2.75, 3.05) is 26.2 Å². The normalized spacial score (nSPS) is 15.4. The Hall–Kier alpha value is -2.66. The molecule has 162 valence electrons. The first-order valence-electron chi connectivity index (χ1n) is 9.10. The van der Waals surface area contributed by atoms with Crippen LogP contribution in [0.25, 0.3) is 0 Å². The molecule has 1 fully saturated rings. The van der Waals surface area contributed by atoms with Gasteiger partial charge in [0.25, 0.3) is 0 Å². The lowest BCUT2D eigenvalue weighted by Crippen LogP contribution is -2.49. The standard InChI is InChI=1S/C18H19ClF3N5O3/c1-12-16(27(29)30)17(18(20,21)22)23-26(12)11-15(28)25-7-5-24(6-8-25)10-13-3-2-4-14(19)9-13/h2-4,9H,5-8,10-11H2,1H3. The molecule has 0 radical (unpaired) electrons. The minimum absolute atomic E-state index is 0.305. The van der Waals surface area contributed by atoms with Gasteiger partial charge < -0.3 is 4.90 Å². The molecular formula is C18H19ClF3N5O3. The van der Waals surface area contributed by atoms with Crippen molar-refractivity contribution in [1.29, 1.82) is 0 Å². The lowest BCUT2D eigenvalue weighted by Gasteiger charge is -2.34. The van der Waals surface area contributed by atoms with E-state index in [1.54, 1.807) is 6.07 Å². The second-order valence-electron chi connectivity index (χ2n) is 6.98. The van der Waals surface area contributed by atoms with Crippen LogP contribution in [0, 0.1) is 17.0 Å². The summed E-state index contributed by atoms with van der Waals surface area (Å²) in [5.74, 6) is -0.438. The van der Waals surface area contributed by atoms with E-state index in [1.165, 1.54) is 4.90 Å². The molecule has 30 heavy (non-hydrogen) atoms. The Kier molecular flexibility index (Phi) is 6.32. The van der Waals surface area contributed by atoms with Crippen molar-refractivity contribution in [2.45, 2.75) is 26.2 Å². The molecule has 8 nitrogen and oxygen atoms in total. The Morgan fingerprint density at radius 2 is 1.93 bits per heavy atom. The van der Waals surface area contributed by atoms with Crippen LogP contribution in [-0.2, 0) is 24.1 Å². The van der Waals surface area contributed by atoms with E-state index in [2.05, 4.69) is 10.00 Å². The predicted octanol–water partition coefficient (Wildman–Crippen LogP) is 3.12. The van der Waals surface area contributed by atoms with Gasteiger partial charge in [0.05, 0.1) is 4.92 Å². The zero-order chi connectivity index (χ0) is 22.1. The zero-order valence-corrected chi connectivity index (χ0v) is 16.8. The fraction of sp³-hybridized carbons (Fsp3) is 0.444. The van der Waals surface area contributed by atoms with E-state index in [9.17, 15) is 28.1 Å². The number of alkyl halides is 3. The van der Waals surface area contributed by atoms with E-state index in [1.807, 2.05) is 18.2 Å². The quantitative estimate of drug-likeness (QED) is 0.521. The Morgan fingerprint density at radius 3 is 2.47 bits per heavy atom. The number of carbonyl (C=O) groups excluding carboxylic acids is 1. The summed E-state index contributed by atoms with van der Waals surface area (Å²) in [6, 6.07) is 7.46. The van der Waals surface area contributed by atoms with Crippen LogP contribution in [0.1, 0.15) is 17.0 Å². The Morgan fingerprint density at radius 1 is 1.27 bits per heavy atom. The van der Waals surface area contributed by atoms with Crippen molar-refractivity contribution in [3.05, 3.63) is 56.4 Å². The molecule has 1 aliphatic rings. The van der Waals surface area contributed by atoms with Crippen LogP contribution in [0.5, 0.6) is 0 Å². The van der Waals surface area contributed by atoms with Crippen LogP contribution in [0.15, 0.2) is 24.3 Å². The van der Waals surface area contributed by atoms with Crippen LogP contribution in [0.4, 0.5) is 18.9 Å². The molecule has 0 atom stereocenters. The molecule has 0 N–H and O–H groups in total. The third-order valence-electron chi connectivity index (χ3n) is 4.93. The summed E-state index contributed by atoms with van der Waals surface area (Å²) in [5.41, 5.74) is -1.98. The first-order chi connectivity index (χ1) is 14.1. The highest BCUT2D eigenvalue weighted by Crippen LogP contribution is 2.36. The van der Waals surface area contributed by atoms with Crippen LogP contribution in [-0.4, -0.2) is 56.6 Å². The highest BCUT2D eigenvalue weighted by atomic mass is 35.5. The molecule has 1 saturated heterocycles. The summed E-state index contributed by atoms with van der Waals surface area (Å²) in [6.07, 6.45) is -4.98. The number of amides is 1. The monoisotopic (exact) mass is 445 g/mol. The number of aromatic nitrogens is 2. The van der Waals surface area contributed by atoms with Crippen molar-refractivity contribution in [2.24, 2.45) is 0 Å². The number of hydrogen-bond acceptors (Lipinski definition) is 5. The number of nitro groups is 1. The van der Waals surface area contributed by atoms with Gasteiger partial charge in [-0.15, -0.1) is 0 Å². The molecular weight excluding hydrogens is 427 g/mol.